The fourth-order valence-electron chi connectivity index (χ4n) is 0.312. The van der Waals surface area contributed by atoms with Crippen LogP contribution in [0.15, 0.2) is 0 Å². The van der Waals surface area contributed by atoms with E-state index in [1.807, 2.05) is 0 Å². The smallest absolute Gasteiger partial charge is 0.421 e. The van der Waals surface area contributed by atoms with Gasteiger partial charge in [0, 0.05) is 0 Å². The summed E-state index contributed by atoms with van der Waals surface area (Å²) < 4.78 is 0. The van der Waals surface area contributed by atoms with E-state index in [0.717, 1.165) is 0 Å². The summed E-state index contributed by atoms with van der Waals surface area (Å²) in [6, 6.07) is 0. The molecule has 0 rings (SSSR count). The number of carbonyl (C=O) groups is 2. The third-order valence-corrected chi connectivity index (χ3v) is 0.812. The van der Waals surface area contributed by atoms with E-state index in [9.17, 15) is 9.59 Å². The molecule has 6 nitrogen and oxygen atoms in total. The van der Waals surface area contributed by atoms with Gasteiger partial charge in [-0.05, 0) is 0 Å². The molecule has 0 aromatic heterocycles. The summed E-state index contributed by atoms with van der Waals surface area (Å²) in [6.45, 7) is -0.190. The van der Waals surface area contributed by atoms with E-state index in [1.54, 1.807) is 0 Å². The lowest BCUT2D eigenvalue weighted by Gasteiger charge is -2.09. The SMILES string of the molecule is NN(CCC(=O)O)C(=O)O. The van der Waals surface area contributed by atoms with Crippen LogP contribution in [0, 0.1) is 0 Å². The van der Waals surface area contributed by atoms with Gasteiger partial charge in [0.1, 0.15) is 0 Å². The molecule has 1 amide bonds. The van der Waals surface area contributed by atoms with Gasteiger partial charge in [-0.15, -0.1) is 0 Å². The summed E-state index contributed by atoms with van der Waals surface area (Å²) in [5, 5.41) is 16.6. The van der Waals surface area contributed by atoms with Crippen LogP contribution in [-0.2, 0) is 4.79 Å². The zero-order valence-corrected chi connectivity index (χ0v) is 5.15. The number of amides is 1. The quantitative estimate of drug-likeness (QED) is 0.279. The number of carboxylic acid groups (broad SMARTS) is 2. The highest BCUT2D eigenvalue weighted by molar-refractivity contribution is 5.69. The maximum atomic E-state index is 9.92. The van der Waals surface area contributed by atoms with E-state index in [0.29, 0.717) is 5.01 Å². The van der Waals surface area contributed by atoms with Gasteiger partial charge in [0.05, 0.1) is 13.0 Å². The van der Waals surface area contributed by atoms with Gasteiger partial charge in [-0.3, -0.25) is 4.79 Å². The molecule has 0 aromatic carbocycles. The number of aliphatic carboxylic acids is 1. The minimum atomic E-state index is -1.33. The zero-order chi connectivity index (χ0) is 8.15. The third kappa shape index (κ3) is 3.67. The number of hydrogen-bond donors (Lipinski definition) is 3. The van der Waals surface area contributed by atoms with Crippen LogP contribution in [0.3, 0.4) is 0 Å². The highest BCUT2D eigenvalue weighted by Gasteiger charge is 2.07. The molecule has 0 saturated heterocycles. The van der Waals surface area contributed by atoms with Crippen molar-refractivity contribution in [3.8, 4) is 0 Å². The first-order valence-electron chi connectivity index (χ1n) is 2.51. The molecule has 10 heavy (non-hydrogen) atoms. The number of rotatable bonds is 3. The second kappa shape index (κ2) is 3.67. The molecule has 0 aliphatic rings. The van der Waals surface area contributed by atoms with Crippen LogP contribution in [0.1, 0.15) is 6.42 Å². The molecule has 0 atom stereocenters. The average Bonchev–Trinajstić information content (AvgIpc) is 1.82. The third-order valence-electron chi connectivity index (χ3n) is 0.812. The molecule has 0 fully saturated rings. The molecule has 0 heterocycles. The van der Waals surface area contributed by atoms with Gasteiger partial charge in [-0.1, -0.05) is 0 Å². The summed E-state index contributed by atoms with van der Waals surface area (Å²) in [5.74, 6) is 3.76. The molecular weight excluding hydrogens is 140 g/mol. The van der Waals surface area contributed by atoms with Crippen molar-refractivity contribution in [3.63, 3.8) is 0 Å². The molecular formula is C4H8N2O4. The van der Waals surface area contributed by atoms with E-state index >= 15 is 0 Å². The van der Waals surface area contributed by atoms with E-state index in [1.165, 1.54) is 0 Å². The summed E-state index contributed by atoms with van der Waals surface area (Å²) in [5.41, 5.74) is 0. The molecule has 0 bridgehead atoms. The normalized spacial score (nSPS) is 8.90. The number of hydrazine groups is 1. The minimum absolute atomic E-state index is 0.190. The van der Waals surface area contributed by atoms with Gasteiger partial charge in [0.2, 0.25) is 0 Å². The summed E-state index contributed by atoms with van der Waals surface area (Å²) >= 11 is 0. The summed E-state index contributed by atoms with van der Waals surface area (Å²) in [7, 11) is 0. The van der Waals surface area contributed by atoms with Gasteiger partial charge >= 0.3 is 12.1 Å². The van der Waals surface area contributed by atoms with Gasteiger partial charge in [-0.2, -0.15) is 0 Å². The van der Waals surface area contributed by atoms with Crippen LogP contribution in [0.5, 0.6) is 0 Å². The second-order valence-electron chi connectivity index (χ2n) is 1.62. The molecule has 0 aliphatic carbocycles. The molecule has 6 heteroatoms. The number of hydrogen-bond acceptors (Lipinski definition) is 3. The molecule has 58 valence electrons. The Kier molecular flexibility index (Phi) is 3.20. The van der Waals surface area contributed by atoms with E-state index in [2.05, 4.69) is 0 Å². The van der Waals surface area contributed by atoms with Gasteiger partial charge in [0.15, 0.2) is 0 Å². The molecule has 0 aliphatic heterocycles. The van der Waals surface area contributed by atoms with E-state index in [4.69, 9.17) is 16.1 Å². The Morgan fingerprint density at radius 2 is 1.90 bits per heavy atom. The fraction of sp³-hybridized carbons (Fsp3) is 0.500. The lowest BCUT2D eigenvalue weighted by Crippen LogP contribution is -2.37. The molecule has 0 radical (unpaired) electrons. The highest BCUT2D eigenvalue weighted by atomic mass is 16.4. The molecule has 0 spiro atoms. The highest BCUT2D eigenvalue weighted by Crippen LogP contribution is 1.83. The van der Waals surface area contributed by atoms with Crippen LogP contribution in [0.2, 0.25) is 0 Å². The van der Waals surface area contributed by atoms with Crippen LogP contribution in [0.4, 0.5) is 4.79 Å². The lowest BCUT2D eigenvalue weighted by atomic mass is 10.4. The van der Waals surface area contributed by atoms with Crippen LogP contribution >= 0.6 is 0 Å². The Morgan fingerprint density at radius 3 is 2.20 bits per heavy atom. The van der Waals surface area contributed by atoms with Crippen molar-refractivity contribution in [1.82, 2.24) is 5.01 Å². The van der Waals surface area contributed by atoms with Crippen molar-refractivity contribution in [2.45, 2.75) is 6.42 Å². The van der Waals surface area contributed by atoms with Crippen molar-refractivity contribution in [2.75, 3.05) is 6.54 Å². The van der Waals surface area contributed by atoms with Gasteiger partial charge < -0.3 is 10.2 Å². The topological polar surface area (TPSA) is 104 Å². The van der Waals surface area contributed by atoms with Crippen LogP contribution in [0.25, 0.3) is 0 Å². The van der Waals surface area contributed by atoms with Crippen molar-refractivity contribution < 1.29 is 19.8 Å². The standard InChI is InChI=1S/C4H8N2O4/c5-6(4(9)10)2-1-3(7)8/h1-2,5H2,(H,7,8)(H,9,10). The summed E-state index contributed by atoms with van der Waals surface area (Å²) in [6.07, 6.45) is -1.61. The number of carboxylic acids is 1. The Hall–Kier alpha value is -1.30. The molecule has 0 unspecified atom stereocenters. The fourth-order valence-corrected chi connectivity index (χ4v) is 0.312. The Bertz CT molecular complexity index is 146. The maximum Gasteiger partial charge on any atom is 0.421 e. The molecule has 0 saturated carbocycles. The number of nitrogens with zero attached hydrogens (tertiary/aromatic N) is 1. The van der Waals surface area contributed by atoms with E-state index < -0.39 is 12.1 Å². The van der Waals surface area contributed by atoms with Crippen molar-refractivity contribution in [1.29, 1.82) is 0 Å². The van der Waals surface area contributed by atoms with Gasteiger partial charge in [-0.25, -0.2) is 15.6 Å². The largest absolute Gasteiger partial charge is 0.481 e. The monoisotopic (exact) mass is 148 g/mol. The minimum Gasteiger partial charge on any atom is -0.481 e. The van der Waals surface area contributed by atoms with Crippen molar-refractivity contribution in [2.24, 2.45) is 5.84 Å². The second-order valence-corrected chi connectivity index (χ2v) is 1.62. The predicted molar refractivity (Wildman–Crippen MR) is 31.2 cm³/mol. The van der Waals surface area contributed by atoms with Crippen LogP contribution < -0.4 is 5.84 Å². The number of nitrogens with two attached hydrogens (primary N) is 1. The first kappa shape index (κ1) is 8.70. The Balaban J connectivity index is 3.49. The molecule has 0 aromatic rings. The van der Waals surface area contributed by atoms with E-state index in [-0.39, 0.29) is 13.0 Å². The first-order valence-corrected chi connectivity index (χ1v) is 2.51. The zero-order valence-electron chi connectivity index (χ0n) is 5.15. The maximum absolute atomic E-state index is 9.92. The predicted octanol–water partition coefficient (Wildman–Crippen LogP) is -0.685. The average molecular weight is 148 g/mol. The van der Waals surface area contributed by atoms with Crippen molar-refractivity contribution >= 4 is 12.1 Å². The molecule has 4 N–H and O–H groups in total. The first-order chi connectivity index (χ1) is 4.54. The Morgan fingerprint density at radius 1 is 1.40 bits per heavy atom. The Labute approximate surface area is 56.8 Å². The van der Waals surface area contributed by atoms with Gasteiger partial charge in [0.25, 0.3) is 0 Å². The van der Waals surface area contributed by atoms with Crippen molar-refractivity contribution in [3.05, 3.63) is 0 Å². The summed E-state index contributed by atoms with van der Waals surface area (Å²) in [4.78, 5) is 19.8. The lowest BCUT2D eigenvalue weighted by molar-refractivity contribution is -0.137. The van der Waals surface area contributed by atoms with Crippen LogP contribution in [-0.4, -0.2) is 33.8 Å².